The minimum atomic E-state index is 0.189. The quantitative estimate of drug-likeness (QED) is 0.833. The fraction of sp³-hybridized carbons (Fsp3) is 1.00. The second-order valence-electron chi connectivity index (χ2n) is 6.38. The molecule has 2 atom stereocenters. The van der Waals surface area contributed by atoms with Crippen molar-refractivity contribution >= 4 is 0 Å². The fourth-order valence-electron chi connectivity index (χ4n) is 3.30. The van der Waals surface area contributed by atoms with Crippen molar-refractivity contribution in [3.63, 3.8) is 0 Å². The van der Waals surface area contributed by atoms with Crippen molar-refractivity contribution in [3.05, 3.63) is 0 Å². The molecular weight excluding hydrogens is 224 g/mol. The summed E-state index contributed by atoms with van der Waals surface area (Å²) in [4.78, 5) is 2.65. The normalized spacial score (nSPS) is 33.5. The molecule has 1 heterocycles. The van der Waals surface area contributed by atoms with E-state index in [2.05, 4.69) is 24.1 Å². The highest BCUT2D eigenvalue weighted by Gasteiger charge is 2.38. The van der Waals surface area contributed by atoms with Crippen LogP contribution in [-0.2, 0) is 4.74 Å². The molecule has 106 valence electrons. The summed E-state index contributed by atoms with van der Waals surface area (Å²) in [5, 5.41) is 3.69. The fourth-order valence-corrected chi connectivity index (χ4v) is 3.30. The Labute approximate surface area is 112 Å². The minimum absolute atomic E-state index is 0.189. The van der Waals surface area contributed by atoms with E-state index in [1.165, 1.54) is 45.2 Å². The molecule has 1 saturated heterocycles. The maximum atomic E-state index is 5.78. The third-order valence-corrected chi connectivity index (χ3v) is 4.82. The number of nitrogens with zero attached hydrogens (tertiary/aromatic N) is 1. The van der Waals surface area contributed by atoms with Gasteiger partial charge in [0.05, 0.1) is 5.60 Å². The Balaban J connectivity index is 1.89. The molecule has 1 saturated carbocycles. The van der Waals surface area contributed by atoms with E-state index >= 15 is 0 Å². The molecule has 1 aliphatic heterocycles. The third kappa shape index (κ3) is 3.46. The molecule has 0 aromatic carbocycles. The molecule has 1 N–H and O–H groups in total. The van der Waals surface area contributed by atoms with Crippen molar-refractivity contribution in [3.8, 4) is 0 Å². The summed E-state index contributed by atoms with van der Waals surface area (Å²) in [7, 11) is 1.89. The molecule has 2 rings (SSSR count). The molecule has 18 heavy (non-hydrogen) atoms. The topological polar surface area (TPSA) is 24.5 Å². The average Bonchev–Trinajstić information content (AvgIpc) is 2.30. The highest BCUT2D eigenvalue weighted by Crippen LogP contribution is 2.36. The van der Waals surface area contributed by atoms with Gasteiger partial charge in [0.25, 0.3) is 0 Å². The lowest BCUT2D eigenvalue weighted by Crippen LogP contribution is -2.52. The van der Waals surface area contributed by atoms with E-state index < -0.39 is 0 Å². The zero-order valence-electron chi connectivity index (χ0n) is 12.4. The summed E-state index contributed by atoms with van der Waals surface area (Å²) < 4.78 is 5.78. The van der Waals surface area contributed by atoms with Crippen LogP contribution in [0.1, 0.15) is 46.0 Å². The number of methoxy groups -OCH3 is 1. The van der Waals surface area contributed by atoms with Gasteiger partial charge < -0.3 is 15.0 Å². The number of hydrogen-bond acceptors (Lipinski definition) is 3. The van der Waals surface area contributed by atoms with Gasteiger partial charge in [0.15, 0.2) is 0 Å². The van der Waals surface area contributed by atoms with Gasteiger partial charge >= 0.3 is 0 Å². The van der Waals surface area contributed by atoms with Crippen LogP contribution in [0.4, 0.5) is 0 Å². The Morgan fingerprint density at radius 1 is 1.39 bits per heavy atom. The van der Waals surface area contributed by atoms with Crippen LogP contribution in [0.5, 0.6) is 0 Å². The molecule has 0 bridgehead atoms. The van der Waals surface area contributed by atoms with Gasteiger partial charge in [-0.2, -0.15) is 0 Å². The van der Waals surface area contributed by atoms with Crippen LogP contribution >= 0.6 is 0 Å². The third-order valence-electron chi connectivity index (χ3n) is 4.82. The van der Waals surface area contributed by atoms with Crippen molar-refractivity contribution in [2.45, 2.75) is 57.6 Å². The Kier molecular flexibility index (Phi) is 5.05. The summed E-state index contributed by atoms with van der Waals surface area (Å²) in [5.41, 5.74) is 0.189. The van der Waals surface area contributed by atoms with Crippen molar-refractivity contribution in [1.82, 2.24) is 10.2 Å². The van der Waals surface area contributed by atoms with Crippen LogP contribution < -0.4 is 5.32 Å². The summed E-state index contributed by atoms with van der Waals surface area (Å²) in [6.07, 6.45) is 6.38. The van der Waals surface area contributed by atoms with E-state index in [0.29, 0.717) is 6.04 Å². The molecule has 3 heteroatoms. The van der Waals surface area contributed by atoms with Crippen molar-refractivity contribution in [2.75, 3.05) is 33.3 Å². The lowest BCUT2D eigenvalue weighted by atomic mass is 9.79. The van der Waals surface area contributed by atoms with Crippen LogP contribution in [0.2, 0.25) is 0 Å². The second-order valence-corrected chi connectivity index (χ2v) is 6.38. The molecule has 2 aliphatic rings. The highest BCUT2D eigenvalue weighted by molar-refractivity contribution is 4.93. The van der Waals surface area contributed by atoms with Crippen molar-refractivity contribution in [1.29, 1.82) is 0 Å². The first-order valence-corrected chi connectivity index (χ1v) is 7.68. The minimum Gasteiger partial charge on any atom is -0.377 e. The zero-order valence-corrected chi connectivity index (χ0v) is 12.4. The first kappa shape index (κ1) is 14.3. The molecule has 0 amide bonds. The Morgan fingerprint density at radius 3 is 2.72 bits per heavy atom. The van der Waals surface area contributed by atoms with E-state index in [9.17, 15) is 0 Å². The number of nitrogens with one attached hydrogen (secondary N) is 1. The van der Waals surface area contributed by atoms with Gasteiger partial charge in [-0.25, -0.2) is 0 Å². The number of rotatable bonds is 4. The molecule has 0 radical (unpaired) electrons. The predicted molar refractivity (Wildman–Crippen MR) is 75.9 cm³/mol. The first-order valence-electron chi connectivity index (χ1n) is 7.68. The average molecular weight is 254 g/mol. The zero-order chi connectivity index (χ0) is 13.0. The van der Waals surface area contributed by atoms with Gasteiger partial charge in [0.1, 0.15) is 0 Å². The highest BCUT2D eigenvalue weighted by atomic mass is 16.5. The van der Waals surface area contributed by atoms with Crippen LogP contribution in [0.25, 0.3) is 0 Å². The Bertz CT molecular complexity index is 247. The van der Waals surface area contributed by atoms with Gasteiger partial charge in [-0.05, 0) is 51.1 Å². The summed E-state index contributed by atoms with van der Waals surface area (Å²) in [6.45, 7) is 9.39. The summed E-state index contributed by atoms with van der Waals surface area (Å²) in [6, 6.07) is 0.704. The van der Waals surface area contributed by atoms with E-state index in [1.807, 2.05) is 7.11 Å². The molecule has 2 fully saturated rings. The predicted octanol–water partition coefficient (Wildman–Crippen LogP) is 2.27. The lowest BCUT2D eigenvalue weighted by Gasteiger charge is -2.45. The monoisotopic (exact) mass is 254 g/mol. The van der Waals surface area contributed by atoms with E-state index in [-0.39, 0.29) is 5.60 Å². The first-order chi connectivity index (χ1) is 8.67. The number of ether oxygens (including phenoxy) is 1. The molecule has 1 aliphatic carbocycles. The van der Waals surface area contributed by atoms with Gasteiger partial charge in [-0.15, -0.1) is 0 Å². The van der Waals surface area contributed by atoms with Crippen LogP contribution in [0, 0.1) is 5.92 Å². The second kappa shape index (κ2) is 6.36. The molecule has 0 aromatic heterocycles. The summed E-state index contributed by atoms with van der Waals surface area (Å²) >= 11 is 0. The smallest absolute Gasteiger partial charge is 0.0805 e. The van der Waals surface area contributed by atoms with Gasteiger partial charge in [0, 0.05) is 26.2 Å². The SMILES string of the molecule is CCC1CCN(CC2(OC)CCC2)CC(C)CN1. The molecule has 3 nitrogen and oxygen atoms in total. The lowest BCUT2D eigenvalue weighted by molar-refractivity contribution is -0.0937. The van der Waals surface area contributed by atoms with Crippen LogP contribution in [0.3, 0.4) is 0 Å². The largest absolute Gasteiger partial charge is 0.377 e. The van der Waals surface area contributed by atoms with Crippen molar-refractivity contribution < 1.29 is 4.74 Å². The number of hydrogen-bond donors (Lipinski definition) is 1. The van der Waals surface area contributed by atoms with E-state index in [4.69, 9.17) is 4.74 Å². The Hall–Kier alpha value is -0.120. The van der Waals surface area contributed by atoms with Gasteiger partial charge in [-0.3, -0.25) is 0 Å². The standard InChI is InChI=1S/C15H30N2O/c1-4-14-6-9-17(11-13(2)10-16-14)12-15(18-3)7-5-8-15/h13-14,16H,4-12H2,1-3H3. The van der Waals surface area contributed by atoms with Crippen molar-refractivity contribution in [2.24, 2.45) is 5.92 Å². The van der Waals surface area contributed by atoms with E-state index in [1.54, 1.807) is 0 Å². The van der Waals surface area contributed by atoms with E-state index in [0.717, 1.165) is 19.0 Å². The van der Waals surface area contributed by atoms with Gasteiger partial charge in [0.2, 0.25) is 0 Å². The maximum Gasteiger partial charge on any atom is 0.0805 e. The summed E-state index contributed by atoms with van der Waals surface area (Å²) in [5.74, 6) is 0.744. The maximum absolute atomic E-state index is 5.78. The van der Waals surface area contributed by atoms with Crippen LogP contribution in [-0.4, -0.2) is 49.8 Å². The van der Waals surface area contributed by atoms with Crippen LogP contribution in [0.15, 0.2) is 0 Å². The molecule has 0 aromatic rings. The molecular formula is C15H30N2O. The molecule has 0 spiro atoms. The Morgan fingerprint density at radius 2 is 2.17 bits per heavy atom. The molecule has 2 unspecified atom stereocenters. The van der Waals surface area contributed by atoms with Gasteiger partial charge in [-0.1, -0.05) is 13.8 Å².